The number of aryl methyl sites for hydroxylation is 1. The minimum Gasteiger partial charge on any atom is -0.490 e. The van der Waals surface area contributed by atoms with Crippen LogP contribution in [0.2, 0.25) is 0 Å². The van der Waals surface area contributed by atoms with Gasteiger partial charge in [0.05, 0.1) is 12.3 Å². The number of benzene rings is 1. The van der Waals surface area contributed by atoms with E-state index in [1.807, 2.05) is 42.6 Å². The quantitative estimate of drug-likeness (QED) is 0.650. The van der Waals surface area contributed by atoms with Crippen LogP contribution in [0.1, 0.15) is 48.4 Å². The van der Waals surface area contributed by atoms with Crippen LogP contribution in [0.4, 0.5) is 0 Å². The zero-order chi connectivity index (χ0) is 20.9. The second kappa shape index (κ2) is 9.30. The average Bonchev–Trinajstić information content (AvgIpc) is 3.16. The van der Waals surface area contributed by atoms with Gasteiger partial charge < -0.3 is 10.1 Å². The zero-order valence-electron chi connectivity index (χ0n) is 17.8. The van der Waals surface area contributed by atoms with Crippen LogP contribution in [0, 0.1) is 0 Å². The van der Waals surface area contributed by atoms with Crippen molar-refractivity contribution in [2.24, 2.45) is 0 Å². The maximum absolute atomic E-state index is 13.2. The lowest BCUT2D eigenvalue weighted by atomic mass is 10.0. The van der Waals surface area contributed by atoms with Gasteiger partial charge in [-0.05, 0) is 43.9 Å². The average molecular weight is 407 g/mol. The van der Waals surface area contributed by atoms with Gasteiger partial charge in [-0.25, -0.2) is 4.98 Å². The van der Waals surface area contributed by atoms with Crippen LogP contribution >= 0.6 is 0 Å². The zero-order valence-corrected chi connectivity index (χ0v) is 17.8. The molecule has 2 aromatic heterocycles. The highest BCUT2D eigenvalue weighted by molar-refractivity contribution is 5.95. The molecule has 0 atom stereocenters. The summed E-state index contributed by atoms with van der Waals surface area (Å²) in [6, 6.07) is 14.5. The Balaban J connectivity index is 1.43. The first kappa shape index (κ1) is 20.4. The minimum atomic E-state index is -0.0468. The van der Waals surface area contributed by atoms with Gasteiger partial charge in [-0.1, -0.05) is 37.3 Å². The van der Waals surface area contributed by atoms with Crippen LogP contribution in [0.3, 0.4) is 0 Å². The molecule has 0 unspecified atom stereocenters. The first-order valence-corrected chi connectivity index (χ1v) is 10.9. The van der Waals surface area contributed by atoms with Crippen molar-refractivity contribution in [1.82, 2.24) is 19.6 Å². The Hall–Kier alpha value is -2.86. The molecule has 0 saturated carbocycles. The third-order valence-corrected chi connectivity index (χ3v) is 5.71. The van der Waals surface area contributed by atoms with Gasteiger partial charge in [-0.2, -0.15) is 0 Å². The van der Waals surface area contributed by atoms with Crippen LogP contribution in [0.15, 0.2) is 48.7 Å². The highest BCUT2D eigenvalue weighted by atomic mass is 16.5. The van der Waals surface area contributed by atoms with Crippen molar-refractivity contribution < 1.29 is 9.53 Å². The Bertz CT molecular complexity index is 991. The van der Waals surface area contributed by atoms with Gasteiger partial charge in [-0.15, -0.1) is 0 Å². The van der Waals surface area contributed by atoms with Crippen LogP contribution < -0.4 is 10.1 Å². The Morgan fingerprint density at radius 2 is 1.90 bits per heavy atom. The molecule has 0 spiro atoms. The first-order valence-electron chi connectivity index (χ1n) is 10.9. The van der Waals surface area contributed by atoms with Crippen molar-refractivity contribution in [3.05, 3.63) is 65.6 Å². The number of imidazole rings is 1. The van der Waals surface area contributed by atoms with Gasteiger partial charge in [0.1, 0.15) is 5.69 Å². The van der Waals surface area contributed by atoms with Crippen LogP contribution in [0.5, 0.6) is 5.75 Å². The molecule has 1 saturated heterocycles. The normalized spacial score (nSPS) is 15.4. The number of fused-ring (bicyclic) bond motifs is 1. The fraction of sp³-hybridized carbons (Fsp3) is 0.417. The summed E-state index contributed by atoms with van der Waals surface area (Å²) in [5, 5.41) is 3.26. The van der Waals surface area contributed by atoms with E-state index in [0.29, 0.717) is 30.1 Å². The molecule has 1 aromatic carbocycles. The molecule has 0 bridgehead atoms. The lowest BCUT2D eigenvalue weighted by molar-refractivity contribution is 0.0902. The number of ether oxygens (including phenoxy) is 1. The Labute approximate surface area is 177 Å². The van der Waals surface area contributed by atoms with E-state index in [1.54, 1.807) is 0 Å². The number of hydrogen-bond donors (Lipinski definition) is 1. The Morgan fingerprint density at radius 1 is 1.13 bits per heavy atom. The minimum absolute atomic E-state index is 0.0468. The number of amides is 1. The topological polar surface area (TPSA) is 58.9 Å². The molecule has 1 aliphatic heterocycles. The van der Waals surface area contributed by atoms with Gasteiger partial charge in [0, 0.05) is 31.9 Å². The molecule has 0 radical (unpaired) electrons. The van der Waals surface area contributed by atoms with Crippen molar-refractivity contribution in [2.75, 3.05) is 19.7 Å². The predicted octanol–water partition coefficient (Wildman–Crippen LogP) is 3.69. The largest absolute Gasteiger partial charge is 0.490 e. The molecule has 30 heavy (non-hydrogen) atoms. The van der Waals surface area contributed by atoms with Gasteiger partial charge in [-0.3, -0.25) is 14.1 Å². The lowest BCUT2D eigenvalue weighted by Gasteiger charge is -2.32. The van der Waals surface area contributed by atoms with E-state index in [-0.39, 0.29) is 11.9 Å². The smallest absolute Gasteiger partial charge is 0.270 e. The molecule has 1 aliphatic rings. The van der Waals surface area contributed by atoms with E-state index in [1.165, 1.54) is 5.56 Å². The van der Waals surface area contributed by atoms with Gasteiger partial charge in [0.25, 0.3) is 5.91 Å². The fourth-order valence-electron chi connectivity index (χ4n) is 4.18. The number of piperidine rings is 1. The molecule has 1 amide bonds. The van der Waals surface area contributed by atoms with Crippen molar-refractivity contribution in [3.63, 3.8) is 0 Å². The molecular weight excluding hydrogens is 376 g/mol. The number of nitrogens with one attached hydrogen (secondary N) is 1. The van der Waals surface area contributed by atoms with Gasteiger partial charge in [0.2, 0.25) is 0 Å². The monoisotopic (exact) mass is 406 g/mol. The van der Waals surface area contributed by atoms with Crippen LogP contribution in [-0.4, -0.2) is 45.9 Å². The molecule has 158 valence electrons. The van der Waals surface area contributed by atoms with Crippen LogP contribution in [0.25, 0.3) is 5.65 Å². The second-order valence-electron chi connectivity index (χ2n) is 7.77. The number of carbonyl (C=O) groups excluding carboxylic acids is 1. The molecule has 4 rings (SSSR count). The standard InChI is InChI=1S/C24H30N4O2/c1-3-20-22(28-14-8-11-21(30-4-2)23(28)26-20)24(29)25-19-12-15-27(16-13-19)17-18-9-6-5-7-10-18/h5-11,14,19H,3-4,12-13,15-17H2,1-2H3,(H,25,29). The highest BCUT2D eigenvalue weighted by Crippen LogP contribution is 2.23. The number of hydrogen-bond acceptors (Lipinski definition) is 4. The van der Waals surface area contributed by atoms with E-state index >= 15 is 0 Å². The Kier molecular flexibility index (Phi) is 6.33. The van der Waals surface area contributed by atoms with Crippen molar-refractivity contribution >= 4 is 11.6 Å². The van der Waals surface area contributed by atoms with E-state index in [9.17, 15) is 4.79 Å². The summed E-state index contributed by atoms with van der Waals surface area (Å²) in [5.74, 6) is 0.664. The summed E-state index contributed by atoms with van der Waals surface area (Å²) in [6.45, 7) is 7.49. The van der Waals surface area contributed by atoms with Crippen LogP contribution in [-0.2, 0) is 13.0 Å². The number of nitrogens with zero attached hydrogens (tertiary/aromatic N) is 3. The van der Waals surface area contributed by atoms with Gasteiger partial charge >= 0.3 is 0 Å². The maximum atomic E-state index is 13.2. The summed E-state index contributed by atoms with van der Waals surface area (Å²) < 4.78 is 7.57. The number of pyridine rings is 1. The van der Waals surface area contributed by atoms with Crippen molar-refractivity contribution in [2.45, 2.75) is 45.7 Å². The fourth-order valence-corrected chi connectivity index (χ4v) is 4.18. The van der Waals surface area contributed by atoms with Crippen molar-refractivity contribution in [3.8, 4) is 5.75 Å². The summed E-state index contributed by atoms with van der Waals surface area (Å²) >= 11 is 0. The molecular formula is C24H30N4O2. The Morgan fingerprint density at radius 3 is 2.60 bits per heavy atom. The lowest BCUT2D eigenvalue weighted by Crippen LogP contribution is -2.44. The third kappa shape index (κ3) is 4.33. The molecule has 3 heterocycles. The third-order valence-electron chi connectivity index (χ3n) is 5.71. The molecule has 1 N–H and O–H groups in total. The summed E-state index contributed by atoms with van der Waals surface area (Å²) in [6.07, 6.45) is 4.51. The number of likely N-dealkylation sites (tertiary alicyclic amines) is 1. The number of aromatic nitrogens is 2. The second-order valence-corrected chi connectivity index (χ2v) is 7.77. The van der Waals surface area contributed by atoms with E-state index in [2.05, 4.69) is 34.5 Å². The van der Waals surface area contributed by atoms with E-state index < -0.39 is 0 Å². The summed E-state index contributed by atoms with van der Waals surface area (Å²) in [5.41, 5.74) is 3.48. The maximum Gasteiger partial charge on any atom is 0.270 e. The molecule has 6 heteroatoms. The summed E-state index contributed by atoms with van der Waals surface area (Å²) in [4.78, 5) is 20.3. The summed E-state index contributed by atoms with van der Waals surface area (Å²) in [7, 11) is 0. The molecule has 3 aromatic rings. The van der Waals surface area contributed by atoms with Crippen molar-refractivity contribution in [1.29, 1.82) is 0 Å². The number of rotatable bonds is 7. The van der Waals surface area contributed by atoms with E-state index in [4.69, 9.17) is 9.72 Å². The predicted molar refractivity (Wildman–Crippen MR) is 118 cm³/mol. The first-order chi connectivity index (χ1) is 14.7. The van der Waals surface area contributed by atoms with Gasteiger partial charge in [0.15, 0.2) is 11.4 Å². The van der Waals surface area contributed by atoms with E-state index in [0.717, 1.165) is 38.2 Å². The SMILES string of the molecule is CCOc1cccn2c(C(=O)NC3CCN(Cc4ccccc4)CC3)c(CC)nc12. The molecule has 6 nitrogen and oxygen atoms in total. The number of carbonyl (C=O) groups is 1. The molecule has 0 aliphatic carbocycles. The highest BCUT2D eigenvalue weighted by Gasteiger charge is 2.25. The molecule has 1 fully saturated rings.